The smallest absolute Gasteiger partial charge is 0.217 e. The van der Waals surface area contributed by atoms with Gasteiger partial charge in [0, 0.05) is 23.4 Å². The van der Waals surface area contributed by atoms with Crippen molar-refractivity contribution in [2.75, 3.05) is 21.3 Å². The molecule has 0 N–H and O–H groups in total. The van der Waals surface area contributed by atoms with Gasteiger partial charge in [0.1, 0.15) is 0 Å². The highest BCUT2D eigenvalue weighted by atomic mass is 16.6. The maximum absolute atomic E-state index is 6.13. The zero-order valence-electron chi connectivity index (χ0n) is 17.0. The van der Waals surface area contributed by atoms with Gasteiger partial charge in [-0.1, -0.05) is 18.2 Å². The first-order valence-corrected chi connectivity index (χ1v) is 9.53. The molecular weight excluding hydrogens is 354 g/mol. The highest BCUT2D eigenvalue weighted by molar-refractivity contribution is 5.88. The number of rotatable bonds is 5. The molecule has 0 amide bonds. The Balaban J connectivity index is 2.08. The summed E-state index contributed by atoms with van der Waals surface area (Å²) in [5.74, 6) is 2.57. The van der Waals surface area contributed by atoms with Crippen LogP contribution in [-0.4, -0.2) is 27.4 Å². The van der Waals surface area contributed by atoms with Gasteiger partial charge in [-0.15, -0.1) is 0 Å². The molecule has 0 saturated heterocycles. The number of hydrogen-bond donors (Lipinski definition) is 0. The van der Waals surface area contributed by atoms with E-state index in [1.54, 1.807) is 21.3 Å². The first-order chi connectivity index (χ1) is 13.6. The first kappa shape index (κ1) is 18.4. The lowest BCUT2D eigenvalue weighted by atomic mass is 9.93. The number of hydrogen-bond acceptors (Lipinski definition) is 4. The number of aromatic nitrogens is 1. The van der Waals surface area contributed by atoms with E-state index in [1.165, 1.54) is 10.8 Å². The molecule has 146 valence electrons. The largest absolute Gasteiger partial charge is 0.492 e. The van der Waals surface area contributed by atoms with E-state index in [9.17, 15) is 0 Å². The van der Waals surface area contributed by atoms with E-state index < -0.39 is 0 Å². The Morgan fingerprint density at radius 1 is 0.857 bits per heavy atom. The lowest BCUT2D eigenvalue weighted by Crippen LogP contribution is -2.40. The third kappa shape index (κ3) is 2.82. The van der Waals surface area contributed by atoms with Crippen molar-refractivity contribution < 1.29 is 23.5 Å². The van der Waals surface area contributed by atoms with Gasteiger partial charge in [0.25, 0.3) is 0 Å². The number of aryl methyl sites for hydroxylation is 1. The Morgan fingerprint density at radius 2 is 1.54 bits per heavy atom. The molecule has 2 heterocycles. The molecule has 28 heavy (non-hydrogen) atoms. The van der Waals surface area contributed by atoms with Crippen molar-refractivity contribution in [1.29, 1.82) is 0 Å². The summed E-state index contributed by atoms with van der Waals surface area (Å²) in [6, 6.07) is 10.6. The van der Waals surface area contributed by atoms with Crippen LogP contribution < -0.4 is 23.5 Å². The van der Waals surface area contributed by atoms with Crippen molar-refractivity contribution in [2.45, 2.75) is 32.9 Å². The van der Waals surface area contributed by atoms with Gasteiger partial charge in [-0.2, -0.15) is 4.57 Å². The molecule has 0 atom stereocenters. The quantitative estimate of drug-likeness (QED) is 0.623. The van der Waals surface area contributed by atoms with Crippen LogP contribution in [0.4, 0.5) is 0 Å². The van der Waals surface area contributed by atoms with Gasteiger partial charge in [0.2, 0.25) is 17.2 Å². The van der Waals surface area contributed by atoms with Crippen molar-refractivity contribution in [1.82, 2.24) is 0 Å². The Bertz CT molecular complexity index is 1040. The highest BCUT2D eigenvalue weighted by Gasteiger charge is 2.36. The highest BCUT2D eigenvalue weighted by Crippen LogP contribution is 2.54. The summed E-state index contributed by atoms with van der Waals surface area (Å²) in [6.45, 7) is 4.84. The fourth-order valence-electron chi connectivity index (χ4n) is 4.02. The van der Waals surface area contributed by atoms with E-state index in [-0.39, 0.29) is 6.10 Å². The van der Waals surface area contributed by atoms with Crippen molar-refractivity contribution >= 4 is 10.8 Å². The fraction of sp³-hybridized carbons (Fsp3) is 0.348. The fourth-order valence-corrected chi connectivity index (χ4v) is 4.02. The van der Waals surface area contributed by atoms with Crippen LogP contribution in [0.25, 0.3) is 22.0 Å². The molecule has 4 rings (SSSR count). The zero-order valence-corrected chi connectivity index (χ0v) is 17.0. The van der Waals surface area contributed by atoms with Crippen LogP contribution in [0, 0.1) is 0 Å². The van der Waals surface area contributed by atoms with Crippen LogP contribution >= 0.6 is 0 Å². The molecule has 1 aliphatic heterocycles. The van der Waals surface area contributed by atoms with E-state index in [1.807, 2.05) is 13.8 Å². The van der Waals surface area contributed by atoms with Crippen molar-refractivity contribution in [3.05, 3.63) is 42.1 Å². The molecule has 0 radical (unpaired) electrons. The molecular formula is C23H26NO4+. The van der Waals surface area contributed by atoms with Gasteiger partial charge >= 0.3 is 0 Å². The van der Waals surface area contributed by atoms with E-state index in [4.69, 9.17) is 18.9 Å². The zero-order chi connectivity index (χ0) is 19.8. The van der Waals surface area contributed by atoms with E-state index >= 15 is 0 Å². The second-order valence-corrected chi connectivity index (χ2v) is 7.18. The summed E-state index contributed by atoms with van der Waals surface area (Å²) < 4.78 is 25.8. The SMILES string of the molecule is COc1c2c(c(OC)c(OC(C)C)c1OC)-c1cc3ccccc3c[n+]1CC2. The molecule has 1 aliphatic rings. The Kier molecular flexibility index (Phi) is 4.75. The average Bonchev–Trinajstić information content (AvgIpc) is 2.70. The third-order valence-corrected chi connectivity index (χ3v) is 5.14. The summed E-state index contributed by atoms with van der Waals surface area (Å²) >= 11 is 0. The van der Waals surface area contributed by atoms with Crippen molar-refractivity contribution in [3.63, 3.8) is 0 Å². The van der Waals surface area contributed by atoms with Crippen LogP contribution in [0.2, 0.25) is 0 Å². The maximum Gasteiger partial charge on any atom is 0.217 e. The number of fused-ring (bicyclic) bond motifs is 4. The molecule has 0 aliphatic carbocycles. The number of ether oxygens (including phenoxy) is 4. The molecule has 3 aromatic rings. The van der Waals surface area contributed by atoms with Crippen molar-refractivity contribution in [3.8, 4) is 34.3 Å². The van der Waals surface area contributed by atoms with Gasteiger partial charge in [0.05, 0.1) is 33.0 Å². The standard InChI is InChI=1S/C23H26NO4/c1-14(2)28-23-21(26-4)19-17(20(25-3)22(23)27-5)10-11-24-13-16-9-7-6-8-15(16)12-18(19)24/h6-9,12-14H,10-11H2,1-5H3/q+1. The topological polar surface area (TPSA) is 40.8 Å². The molecule has 2 aromatic carbocycles. The Labute approximate surface area is 165 Å². The van der Waals surface area contributed by atoms with Gasteiger partial charge < -0.3 is 18.9 Å². The van der Waals surface area contributed by atoms with E-state index in [2.05, 4.69) is 41.1 Å². The summed E-state index contributed by atoms with van der Waals surface area (Å²) in [5, 5.41) is 2.40. The lowest BCUT2D eigenvalue weighted by Gasteiger charge is -2.26. The minimum Gasteiger partial charge on any atom is -0.492 e. The van der Waals surface area contributed by atoms with Crippen LogP contribution in [-0.2, 0) is 13.0 Å². The summed E-state index contributed by atoms with van der Waals surface area (Å²) in [7, 11) is 4.98. The van der Waals surface area contributed by atoms with Crippen LogP contribution in [0.5, 0.6) is 23.0 Å². The Hall–Kier alpha value is -2.95. The van der Waals surface area contributed by atoms with Gasteiger partial charge in [-0.25, -0.2) is 0 Å². The molecule has 0 unspecified atom stereocenters. The second kappa shape index (κ2) is 7.23. The number of benzene rings is 2. The minimum atomic E-state index is -0.0297. The molecule has 0 saturated carbocycles. The monoisotopic (exact) mass is 380 g/mol. The van der Waals surface area contributed by atoms with Gasteiger partial charge in [-0.05, 0) is 25.3 Å². The predicted octanol–water partition coefficient (Wildman–Crippen LogP) is 4.16. The third-order valence-electron chi connectivity index (χ3n) is 5.14. The lowest BCUT2D eigenvalue weighted by molar-refractivity contribution is -0.686. The maximum atomic E-state index is 6.13. The van der Waals surface area contributed by atoms with Crippen LogP contribution in [0.1, 0.15) is 19.4 Å². The molecule has 0 bridgehead atoms. The van der Waals surface area contributed by atoms with Crippen molar-refractivity contribution in [2.24, 2.45) is 0 Å². The normalized spacial score (nSPS) is 12.5. The summed E-state index contributed by atoms with van der Waals surface area (Å²) in [6.07, 6.45) is 2.99. The number of pyridine rings is 1. The second-order valence-electron chi connectivity index (χ2n) is 7.18. The van der Waals surface area contributed by atoms with Crippen LogP contribution in [0.3, 0.4) is 0 Å². The first-order valence-electron chi connectivity index (χ1n) is 9.53. The van der Waals surface area contributed by atoms with Crippen LogP contribution in [0.15, 0.2) is 36.5 Å². The molecule has 1 aromatic heterocycles. The summed E-state index contributed by atoms with van der Waals surface area (Å²) in [4.78, 5) is 0. The predicted molar refractivity (Wildman–Crippen MR) is 109 cm³/mol. The number of nitrogens with zero attached hydrogens (tertiary/aromatic N) is 1. The average molecular weight is 380 g/mol. The Morgan fingerprint density at radius 3 is 2.18 bits per heavy atom. The summed E-state index contributed by atoms with van der Waals surface area (Å²) in [5.41, 5.74) is 3.18. The van der Waals surface area contributed by atoms with E-state index in [0.717, 1.165) is 29.8 Å². The van der Waals surface area contributed by atoms with Gasteiger partial charge in [0.15, 0.2) is 24.2 Å². The number of methoxy groups -OCH3 is 3. The van der Waals surface area contributed by atoms with Gasteiger partial charge in [-0.3, -0.25) is 0 Å². The van der Waals surface area contributed by atoms with E-state index in [0.29, 0.717) is 23.0 Å². The minimum absolute atomic E-state index is 0.0297. The molecule has 5 heteroatoms. The molecule has 5 nitrogen and oxygen atoms in total. The molecule has 0 spiro atoms. The molecule has 0 fully saturated rings.